The minimum absolute atomic E-state index is 0.205. The van der Waals surface area contributed by atoms with E-state index in [4.69, 9.17) is 4.74 Å². The van der Waals surface area contributed by atoms with Crippen LogP contribution in [0.1, 0.15) is 11.3 Å². The fraction of sp³-hybridized carbons (Fsp3) is 0.0435. The molecule has 4 rings (SSSR count). The predicted molar refractivity (Wildman–Crippen MR) is 110 cm³/mol. The van der Waals surface area contributed by atoms with Crippen LogP contribution in [0.4, 0.5) is 5.69 Å². The molecule has 2 aromatic carbocycles. The van der Waals surface area contributed by atoms with Crippen LogP contribution in [0.15, 0.2) is 91.3 Å². The third-order valence-electron chi connectivity index (χ3n) is 4.22. The summed E-state index contributed by atoms with van der Waals surface area (Å²) in [5.74, 6) is 0.548. The Bertz CT molecular complexity index is 1100. The number of hydrogen-bond acceptors (Lipinski definition) is 3. The van der Waals surface area contributed by atoms with Crippen LogP contribution in [0.2, 0.25) is 0 Å². The first kappa shape index (κ1) is 17.5. The van der Waals surface area contributed by atoms with E-state index >= 15 is 0 Å². The topological polar surface area (TPSA) is 55.6 Å². The molecule has 0 unspecified atom stereocenters. The van der Waals surface area contributed by atoms with Crippen LogP contribution >= 0.6 is 0 Å². The van der Waals surface area contributed by atoms with Crippen molar-refractivity contribution in [3.8, 4) is 5.75 Å². The zero-order valence-corrected chi connectivity index (χ0v) is 15.2. The van der Waals surface area contributed by atoms with E-state index in [2.05, 4.69) is 10.3 Å². The molecule has 0 aliphatic carbocycles. The Labute approximate surface area is 162 Å². The number of nitrogens with one attached hydrogen (secondary N) is 1. The van der Waals surface area contributed by atoms with Gasteiger partial charge in [0.2, 0.25) is 5.91 Å². The van der Waals surface area contributed by atoms with Crippen molar-refractivity contribution >= 4 is 23.3 Å². The standard InChI is InChI=1S/C23H19N3O2/c27-23(14-11-20-16-24-22-8-4-5-15-26(20)22)25-19-9-12-21(13-10-19)28-17-18-6-2-1-3-7-18/h1-16H,17H2,(H,25,27)/b14-11+. The normalized spacial score (nSPS) is 11.0. The third-order valence-corrected chi connectivity index (χ3v) is 4.22. The summed E-state index contributed by atoms with van der Waals surface area (Å²) in [6.45, 7) is 0.509. The van der Waals surface area contributed by atoms with E-state index in [1.807, 2.05) is 83.4 Å². The van der Waals surface area contributed by atoms with Gasteiger partial charge >= 0.3 is 0 Å². The lowest BCUT2D eigenvalue weighted by Crippen LogP contribution is -2.07. The summed E-state index contributed by atoms with van der Waals surface area (Å²) in [7, 11) is 0. The van der Waals surface area contributed by atoms with Crippen LogP contribution in [0.3, 0.4) is 0 Å². The van der Waals surface area contributed by atoms with Gasteiger partial charge < -0.3 is 14.5 Å². The van der Waals surface area contributed by atoms with Crippen molar-refractivity contribution in [1.82, 2.24) is 9.38 Å². The summed E-state index contributed by atoms with van der Waals surface area (Å²) in [5.41, 5.74) is 3.50. The molecular formula is C23H19N3O2. The van der Waals surface area contributed by atoms with Gasteiger partial charge in [-0.25, -0.2) is 4.98 Å². The highest BCUT2D eigenvalue weighted by atomic mass is 16.5. The fourth-order valence-corrected chi connectivity index (χ4v) is 2.80. The molecule has 0 aliphatic rings. The molecule has 0 saturated carbocycles. The second kappa shape index (κ2) is 8.22. The first-order valence-corrected chi connectivity index (χ1v) is 8.96. The smallest absolute Gasteiger partial charge is 0.248 e. The number of carbonyl (C=O) groups is 1. The van der Waals surface area contributed by atoms with Gasteiger partial charge in [0.15, 0.2) is 0 Å². The first-order chi connectivity index (χ1) is 13.8. The van der Waals surface area contributed by atoms with E-state index in [9.17, 15) is 4.79 Å². The molecule has 2 heterocycles. The lowest BCUT2D eigenvalue weighted by atomic mass is 10.2. The number of anilines is 1. The van der Waals surface area contributed by atoms with Crippen molar-refractivity contribution in [2.75, 3.05) is 5.32 Å². The lowest BCUT2D eigenvalue weighted by Gasteiger charge is -2.07. The number of amides is 1. The summed E-state index contributed by atoms with van der Waals surface area (Å²) in [6, 6.07) is 23.1. The molecule has 28 heavy (non-hydrogen) atoms. The van der Waals surface area contributed by atoms with Gasteiger partial charge in [0.05, 0.1) is 11.9 Å². The lowest BCUT2D eigenvalue weighted by molar-refractivity contribution is -0.111. The van der Waals surface area contributed by atoms with Crippen molar-refractivity contribution in [2.24, 2.45) is 0 Å². The minimum Gasteiger partial charge on any atom is -0.489 e. The molecule has 0 radical (unpaired) electrons. The van der Waals surface area contributed by atoms with E-state index < -0.39 is 0 Å². The predicted octanol–water partition coefficient (Wildman–Crippen LogP) is 4.57. The number of imidazole rings is 1. The van der Waals surface area contributed by atoms with Gasteiger partial charge in [-0.15, -0.1) is 0 Å². The summed E-state index contributed by atoms with van der Waals surface area (Å²) in [4.78, 5) is 16.5. The quantitative estimate of drug-likeness (QED) is 0.507. The van der Waals surface area contributed by atoms with Crippen molar-refractivity contribution < 1.29 is 9.53 Å². The molecule has 0 aliphatic heterocycles. The number of rotatable bonds is 6. The maximum atomic E-state index is 12.2. The molecule has 1 N–H and O–H groups in total. The highest BCUT2D eigenvalue weighted by Gasteiger charge is 2.02. The van der Waals surface area contributed by atoms with Gasteiger partial charge in [0.25, 0.3) is 0 Å². The molecule has 5 heteroatoms. The zero-order valence-electron chi connectivity index (χ0n) is 15.2. The number of benzene rings is 2. The van der Waals surface area contributed by atoms with Crippen molar-refractivity contribution in [1.29, 1.82) is 0 Å². The molecule has 138 valence electrons. The van der Waals surface area contributed by atoms with Crippen LogP contribution < -0.4 is 10.1 Å². The van der Waals surface area contributed by atoms with E-state index in [0.29, 0.717) is 12.3 Å². The summed E-state index contributed by atoms with van der Waals surface area (Å²) < 4.78 is 7.67. The molecule has 0 fully saturated rings. The zero-order chi connectivity index (χ0) is 19.2. The molecule has 0 atom stereocenters. The van der Waals surface area contributed by atoms with Gasteiger partial charge in [-0.3, -0.25) is 4.79 Å². The van der Waals surface area contributed by atoms with E-state index in [1.54, 1.807) is 12.3 Å². The molecule has 4 aromatic rings. The Hall–Kier alpha value is -3.86. The molecule has 5 nitrogen and oxygen atoms in total. The number of carbonyl (C=O) groups excluding carboxylic acids is 1. The maximum absolute atomic E-state index is 12.2. The van der Waals surface area contributed by atoms with Gasteiger partial charge in [-0.1, -0.05) is 36.4 Å². The van der Waals surface area contributed by atoms with Crippen LogP contribution in [-0.2, 0) is 11.4 Å². The number of ether oxygens (including phenoxy) is 1. The average Bonchev–Trinajstić information content (AvgIpc) is 3.16. The van der Waals surface area contributed by atoms with E-state index in [0.717, 1.165) is 22.7 Å². The monoisotopic (exact) mass is 369 g/mol. The minimum atomic E-state index is -0.205. The highest BCUT2D eigenvalue weighted by molar-refractivity contribution is 6.01. The Morgan fingerprint density at radius 2 is 1.79 bits per heavy atom. The number of fused-ring (bicyclic) bond motifs is 1. The van der Waals surface area contributed by atoms with Gasteiger partial charge in [-0.2, -0.15) is 0 Å². The Morgan fingerprint density at radius 1 is 1.00 bits per heavy atom. The summed E-state index contributed by atoms with van der Waals surface area (Å²) in [6.07, 6.45) is 6.88. The molecule has 2 aromatic heterocycles. The number of nitrogens with zero attached hydrogens (tertiary/aromatic N) is 2. The van der Waals surface area contributed by atoms with Crippen LogP contribution in [0, 0.1) is 0 Å². The Balaban J connectivity index is 1.34. The van der Waals surface area contributed by atoms with Crippen molar-refractivity contribution in [3.63, 3.8) is 0 Å². The van der Waals surface area contributed by atoms with Gasteiger partial charge in [0, 0.05) is 18.0 Å². The fourth-order valence-electron chi connectivity index (χ4n) is 2.80. The van der Waals surface area contributed by atoms with Crippen molar-refractivity contribution in [2.45, 2.75) is 6.61 Å². The van der Waals surface area contributed by atoms with E-state index in [-0.39, 0.29) is 5.91 Å². The number of pyridine rings is 1. The van der Waals surface area contributed by atoms with Crippen LogP contribution in [0.5, 0.6) is 5.75 Å². The van der Waals surface area contributed by atoms with Crippen molar-refractivity contribution in [3.05, 3.63) is 103 Å². The van der Waals surface area contributed by atoms with Crippen LogP contribution in [0.25, 0.3) is 11.7 Å². The molecule has 0 bridgehead atoms. The maximum Gasteiger partial charge on any atom is 0.248 e. The second-order valence-electron chi connectivity index (χ2n) is 6.23. The third kappa shape index (κ3) is 4.27. The average molecular weight is 369 g/mol. The molecular weight excluding hydrogens is 350 g/mol. The molecule has 1 amide bonds. The highest BCUT2D eigenvalue weighted by Crippen LogP contribution is 2.17. The number of aromatic nitrogens is 2. The summed E-state index contributed by atoms with van der Waals surface area (Å²) in [5, 5.41) is 2.84. The van der Waals surface area contributed by atoms with Gasteiger partial charge in [0.1, 0.15) is 18.0 Å². The first-order valence-electron chi connectivity index (χ1n) is 8.96. The molecule has 0 spiro atoms. The van der Waals surface area contributed by atoms with E-state index in [1.165, 1.54) is 6.08 Å². The Morgan fingerprint density at radius 3 is 2.61 bits per heavy atom. The SMILES string of the molecule is O=C(/C=C/c1cnc2ccccn12)Nc1ccc(OCc2ccccc2)cc1. The summed E-state index contributed by atoms with van der Waals surface area (Å²) >= 11 is 0. The number of hydrogen-bond donors (Lipinski definition) is 1. The Kier molecular flexibility index (Phi) is 5.15. The molecule has 0 saturated heterocycles. The second-order valence-corrected chi connectivity index (χ2v) is 6.23. The van der Waals surface area contributed by atoms with Crippen LogP contribution in [-0.4, -0.2) is 15.3 Å². The largest absolute Gasteiger partial charge is 0.489 e. The van der Waals surface area contributed by atoms with Gasteiger partial charge in [-0.05, 0) is 48.0 Å².